The van der Waals surface area contributed by atoms with Gasteiger partial charge in [-0.05, 0) is 44.2 Å². The lowest BCUT2D eigenvalue weighted by Crippen LogP contribution is -2.35. The Labute approximate surface area is 127 Å². The zero-order valence-electron chi connectivity index (χ0n) is 13.3. The second-order valence-electron chi connectivity index (χ2n) is 6.33. The Kier molecular flexibility index (Phi) is 4.59. The van der Waals surface area contributed by atoms with Gasteiger partial charge in [0.15, 0.2) is 0 Å². The van der Waals surface area contributed by atoms with Gasteiger partial charge in [-0.25, -0.2) is 0 Å². The molecule has 1 aromatic carbocycles. The van der Waals surface area contributed by atoms with Crippen molar-refractivity contribution >= 4 is 10.9 Å². The van der Waals surface area contributed by atoms with Crippen LogP contribution in [0.2, 0.25) is 0 Å². The molecule has 3 heteroatoms. The normalized spacial score (nSPS) is 17.6. The average Bonchev–Trinajstić information content (AvgIpc) is 3.13. The van der Waals surface area contributed by atoms with E-state index in [0.717, 1.165) is 18.9 Å². The van der Waals surface area contributed by atoms with Crippen LogP contribution in [-0.2, 0) is 13.5 Å². The monoisotopic (exact) mass is 285 g/mol. The number of aromatic nitrogens is 2. The van der Waals surface area contributed by atoms with Crippen molar-refractivity contribution in [3.63, 3.8) is 0 Å². The molecule has 1 aromatic heterocycles. The minimum atomic E-state index is 0.665. The van der Waals surface area contributed by atoms with Gasteiger partial charge in [-0.1, -0.05) is 38.0 Å². The molecular formula is C18H27N3. The molecule has 114 valence electrons. The third kappa shape index (κ3) is 3.13. The highest BCUT2D eigenvalue weighted by Crippen LogP contribution is 2.30. The predicted molar refractivity (Wildman–Crippen MR) is 88.5 cm³/mol. The topological polar surface area (TPSA) is 29.9 Å². The van der Waals surface area contributed by atoms with Gasteiger partial charge >= 0.3 is 0 Å². The first-order chi connectivity index (χ1) is 10.3. The van der Waals surface area contributed by atoms with Gasteiger partial charge in [-0.2, -0.15) is 5.10 Å². The highest BCUT2D eigenvalue weighted by molar-refractivity contribution is 5.81. The summed E-state index contributed by atoms with van der Waals surface area (Å²) in [5, 5.41) is 9.77. The van der Waals surface area contributed by atoms with E-state index in [4.69, 9.17) is 5.10 Å². The number of nitrogens with zero attached hydrogens (tertiary/aromatic N) is 2. The summed E-state index contributed by atoms with van der Waals surface area (Å²) in [6.45, 7) is 3.29. The van der Waals surface area contributed by atoms with Gasteiger partial charge in [-0.15, -0.1) is 0 Å². The molecule has 21 heavy (non-hydrogen) atoms. The number of hydrogen-bond acceptors (Lipinski definition) is 2. The second kappa shape index (κ2) is 6.61. The van der Waals surface area contributed by atoms with Gasteiger partial charge < -0.3 is 5.32 Å². The molecule has 1 aliphatic rings. The molecule has 1 saturated carbocycles. The standard InChI is InChI=1S/C18H27N3/c1-3-19-16(14-8-4-5-9-14)12-13-17-15-10-6-7-11-18(15)21(2)20-17/h6-7,10-11,14,16,19H,3-5,8-9,12-13H2,1-2H3. The van der Waals surface area contributed by atoms with Crippen LogP contribution in [0, 0.1) is 5.92 Å². The fraction of sp³-hybridized carbons (Fsp3) is 0.611. The van der Waals surface area contributed by atoms with Crippen LogP contribution in [0.25, 0.3) is 10.9 Å². The zero-order valence-corrected chi connectivity index (χ0v) is 13.3. The molecule has 0 radical (unpaired) electrons. The largest absolute Gasteiger partial charge is 0.314 e. The van der Waals surface area contributed by atoms with Crippen LogP contribution in [0.4, 0.5) is 0 Å². The maximum absolute atomic E-state index is 4.74. The molecule has 1 atom stereocenters. The summed E-state index contributed by atoms with van der Waals surface area (Å²) < 4.78 is 2.02. The third-order valence-corrected chi connectivity index (χ3v) is 4.96. The van der Waals surface area contributed by atoms with Gasteiger partial charge in [0.1, 0.15) is 0 Å². The van der Waals surface area contributed by atoms with E-state index in [9.17, 15) is 0 Å². The average molecular weight is 285 g/mol. The van der Waals surface area contributed by atoms with E-state index in [-0.39, 0.29) is 0 Å². The van der Waals surface area contributed by atoms with Crippen LogP contribution in [0.1, 0.15) is 44.7 Å². The van der Waals surface area contributed by atoms with E-state index in [1.54, 1.807) is 0 Å². The molecule has 0 spiro atoms. The highest BCUT2D eigenvalue weighted by atomic mass is 15.3. The zero-order chi connectivity index (χ0) is 14.7. The summed E-state index contributed by atoms with van der Waals surface area (Å²) in [5.41, 5.74) is 2.50. The van der Waals surface area contributed by atoms with E-state index in [2.05, 4.69) is 36.5 Å². The molecule has 0 bridgehead atoms. The molecule has 1 aliphatic carbocycles. The maximum Gasteiger partial charge on any atom is 0.0703 e. The van der Waals surface area contributed by atoms with Crippen molar-refractivity contribution in [2.75, 3.05) is 6.54 Å². The molecule has 3 nitrogen and oxygen atoms in total. The lowest BCUT2D eigenvalue weighted by atomic mass is 9.93. The van der Waals surface area contributed by atoms with Crippen molar-refractivity contribution < 1.29 is 0 Å². The first kappa shape index (κ1) is 14.6. The van der Waals surface area contributed by atoms with Crippen molar-refractivity contribution in [2.24, 2.45) is 13.0 Å². The lowest BCUT2D eigenvalue weighted by molar-refractivity contribution is 0.345. The number of para-hydroxylation sites is 1. The van der Waals surface area contributed by atoms with E-state index in [0.29, 0.717) is 6.04 Å². The van der Waals surface area contributed by atoms with Crippen molar-refractivity contribution in [2.45, 2.75) is 51.5 Å². The van der Waals surface area contributed by atoms with Crippen LogP contribution < -0.4 is 5.32 Å². The summed E-state index contributed by atoms with van der Waals surface area (Å²) in [7, 11) is 2.05. The number of nitrogens with one attached hydrogen (secondary N) is 1. The molecule has 0 aliphatic heterocycles. The van der Waals surface area contributed by atoms with Crippen molar-refractivity contribution in [3.8, 4) is 0 Å². The van der Waals surface area contributed by atoms with Gasteiger partial charge in [0.25, 0.3) is 0 Å². The van der Waals surface area contributed by atoms with Crippen molar-refractivity contribution in [1.82, 2.24) is 15.1 Å². The third-order valence-electron chi connectivity index (χ3n) is 4.96. The van der Waals surface area contributed by atoms with Crippen LogP contribution in [-0.4, -0.2) is 22.4 Å². The molecule has 3 rings (SSSR count). The molecule has 0 amide bonds. The fourth-order valence-corrected chi connectivity index (χ4v) is 3.89. The van der Waals surface area contributed by atoms with Gasteiger partial charge in [0.05, 0.1) is 11.2 Å². The number of aryl methyl sites for hydroxylation is 2. The number of hydrogen-bond donors (Lipinski definition) is 1. The summed E-state index contributed by atoms with van der Waals surface area (Å²) >= 11 is 0. The Balaban J connectivity index is 1.72. The molecule has 2 aromatic rings. The van der Waals surface area contributed by atoms with E-state index < -0.39 is 0 Å². The van der Waals surface area contributed by atoms with Crippen LogP contribution >= 0.6 is 0 Å². The molecule has 1 fully saturated rings. The first-order valence-corrected chi connectivity index (χ1v) is 8.43. The summed E-state index contributed by atoms with van der Waals surface area (Å²) in [4.78, 5) is 0. The molecule has 1 N–H and O–H groups in total. The summed E-state index contributed by atoms with van der Waals surface area (Å²) in [6, 6.07) is 9.23. The summed E-state index contributed by atoms with van der Waals surface area (Å²) in [6.07, 6.45) is 7.93. The number of rotatable bonds is 6. The highest BCUT2D eigenvalue weighted by Gasteiger charge is 2.24. The van der Waals surface area contributed by atoms with E-state index >= 15 is 0 Å². The van der Waals surface area contributed by atoms with E-state index in [1.165, 1.54) is 48.7 Å². The quantitative estimate of drug-likeness (QED) is 0.877. The maximum atomic E-state index is 4.74. The molecule has 0 saturated heterocycles. The SMILES string of the molecule is CCNC(CCc1nn(C)c2ccccc12)C1CCCC1. The van der Waals surface area contributed by atoms with Crippen LogP contribution in [0.15, 0.2) is 24.3 Å². The van der Waals surface area contributed by atoms with Crippen LogP contribution in [0.3, 0.4) is 0 Å². The fourth-order valence-electron chi connectivity index (χ4n) is 3.89. The number of benzene rings is 1. The minimum absolute atomic E-state index is 0.665. The number of fused-ring (bicyclic) bond motifs is 1. The van der Waals surface area contributed by atoms with Gasteiger partial charge in [0, 0.05) is 18.5 Å². The van der Waals surface area contributed by atoms with Gasteiger partial charge in [0.2, 0.25) is 0 Å². The Morgan fingerprint density at radius 2 is 2.05 bits per heavy atom. The van der Waals surface area contributed by atoms with Crippen molar-refractivity contribution in [3.05, 3.63) is 30.0 Å². The Bertz CT molecular complexity index is 581. The molecule has 1 heterocycles. The lowest BCUT2D eigenvalue weighted by Gasteiger charge is -2.24. The minimum Gasteiger partial charge on any atom is -0.314 e. The molecular weight excluding hydrogens is 258 g/mol. The molecule has 1 unspecified atom stereocenters. The predicted octanol–water partition coefficient (Wildman–Crippen LogP) is 3.67. The Hall–Kier alpha value is -1.35. The first-order valence-electron chi connectivity index (χ1n) is 8.43. The Morgan fingerprint density at radius 1 is 1.29 bits per heavy atom. The smallest absolute Gasteiger partial charge is 0.0703 e. The van der Waals surface area contributed by atoms with Crippen LogP contribution in [0.5, 0.6) is 0 Å². The Morgan fingerprint density at radius 3 is 2.81 bits per heavy atom. The van der Waals surface area contributed by atoms with Crippen molar-refractivity contribution in [1.29, 1.82) is 0 Å². The van der Waals surface area contributed by atoms with Gasteiger partial charge in [-0.3, -0.25) is 4.68 Å². The summed E-state index contributed by atoms with van der Waals surface area (Å²) in [5.74, 6) is 0.875. The second-order valence-corrected chi connectivity index (χ2v) is 6.33. The van der Waals surface area contributed by atoms with E-state index in [1.807, 2.05) is 11.7 Å².